The van der Waals surface area contributed by atoms with E-state index in [0.717, 1.165) is 19.4 Å². The quantitative estimate of drug-likeness (QED) is 0.575. The van der Waals surface area contributed by atoms with Crippen LogP contribution in [0.25, 0.3) is 0 Å². The predicted molar refractivity (Wildman–Crippen MR) is 80.3 cm³/mol. The maximum Gasteiger partial charge on any atom is 0.329 e. The fraction of sp³-hybridized carbons (Fsp3) is 0.733. The zero-order valence-corrected chi connectivity index (χ0v) is 13.1. The molecule has 1 aliphatic heterocycles. The topological polar surface area (TPSA) is 67.4 Å². The highest BCUT2D eigenvalue weighted by Crippen LogP contribution is 2.10. The molecule has 0 spiro atoms. The van der Waals surface area contributed by atoms with E-state index in [4.69, 9.17) is 4.74 Å². The number of carbonyl (C=O) groups is 2. The maximum atomic E-state index is 12.0. The van der Waals surface area contributed by atoms with Gasteiger partial charge in [-0.05, 0) is 26.3 Å². The summed E-state index contributed by atoms with van der Waals surface area (Å²) in [7, 11) is 0. The van der Waals surface area contributed by atoms with Crippen LogP contribution in [0.15, 0.2) is 12.7 Å². The number of hydrogen-bond donors (Lipinski definition) is 2. The number of carbonyl (C=O) groups excluding carboxylic acids is 2. The summed E-state index contributed by atoms with van der Waals surface area (Å²) in [5.41, 5.74) is 0. The first-order valence-electron chi connectivity index (χ1n) is 7.43. The molecule has 1 saturated heterocycles. The molecule has 0 aromatic rings. The molecule has 1 rings (SSSR count). The summed E-state index contributed by atoms with van der Waals surface area (Å²) >= 11 is 0. The molecule has 1 amide bonds. The van der Waals surface area contributed by atoms with Crippen molar-refractivity contribution in [1.82, 2.24) is 10.6 Å². The van der Waals surface area contributed by atoms with Crippen LogP contribution < -0.4 is 10.6 Å². The van der Waals surface area contributed by atoms with Gasteiger partial charge in [-0.15, -0.1) is 6.58 Å². The predicted octanol–water partition coefficient (Wildman–Crippen LogP) is 1.63. The molecule has 116 valence electrons. The lowest BCUT2D eigenvalue weighted by Gasteiger charge is -2.22. The Morgan fingerprint density at radius 1 is 1.50 bits per heavy atom. The van der Waals surface area contributed by atoms with E-state index in [1.165, 1.54) is 0 Å². The van der Waals surface area contributed by atoms with Gasteiger partial charge in [0.25, 0.3) is 0 Å². The van der Waals surface area contributed by atoms with E-state index in [9.17, 15) is 9.59 Å². The molecular formula is C15H28N2O3. The van der Waals surface area contributed by atoms with Crippen LogP contribution in [-0.2, 0) is 14.3 Å². The van der Waals surface area contributed by atoms with Crippen LogP contribution in [-0.4, -0.2) is 37.1 Å². The van der Waals surface area contributed by atoms with Crippen molar-refractivity contribution >= 4 is 11.9 Å². The van der Waals surface area contributed by atoms with Gasteiger partial charge in [0.1, 0.15) is 6.04 Å². The smallest absolute Gasteiger partial charge is 0.329 e. The first-order valence-corrected chi connectivity index (χ1v) is 7.43. The van der Waals surface area contributed by atoms with Gasteiger partial charge in [0.15, 0.2) is 0 Å². The Morgan fingerprint density at radius 2 is 2.15 bits per heavy atom. The summed E-state index contributed by atoms with van der Waals surface area (Å²) < 4.78 is 4.97. The van der Waals surface area contributed by atoms with E-state index in [1.807, 2.05) is 20.8 Å². The molecule has 1 aliphatic rings. The molecule has 1 heterocycles. The highest BCUT2D eigenvalue weighted by molar-refractivity contribution is 5.88. The Labute approximate surface area is 122 Å². The van der Waals surface area contributed by atoms with E-state index in [1.54, 1.807) is 13.0 Å². The van der Waals surface area contributed by atoms with Crippen molar-refractivity contribution in [2.24, 2.45) is 5.92 Å². The molecule has 0 bridgehead atoms. The molecule has 0 aromatic carbocycles. The van der Waals surface area contributed by atoms with Gasteiger partial charge in [-0.2, -0.15) is 0 Å². The summed E-state index contributed by atoms with van der Waals surface area (Å²) in [5, 5.41) is 5.85. The summed E-state index contributed by atoms with van der Waals surface area (Å²) in [5.74, 6) is -0.704. The van der Waals surface area contributed by atoms with Gasteiger partial charge in [-0.1, -0.05) is 26.8 Å². The number of nitrogens with one attached hydrogen (secondary N) is 2. The third-order valence-corrected chi connectivity index (χ3v) is 3.11. The summed E-state index contributed by atoms with van der Waals surface area (Å²) in [6.45, 7) is 12.4. The van der Waals surface area contributed by atoms with Crippen LogP contribution in [0.1, 0.15) is 40.5 Å². The van der Waals surface area contributed by atoms with Gasteiger partial charge in [0, 0.05) is 5.92 Å². The van der Waals surface area contributed by atoms with Crippen LogP contribution in [0.5, 0.6) is 0 Å². The Kier molecular flexibility index (Phi) is 9.72. The molecule has 1 fully saturated rings. The van der Waals surface area contributed by atoms with Gasteiger partial charge in [0.05, 0.1) is 12.6 Å². The number of rotatable bonds is 6. The molecule has 20 heavy (non-hydrogen) atoms. The minimum absolute atomic E-state index is 0.140. The van der Waals surface area contributed by atoms with E-state index in [0.29, 0.717) is 6.61 Å². The van der Waals surface area contributed by atoms with E-state index in [2.05, 4.69) is 17.2 Å². The molecule has 0 radical (unpaired) electrons. The molecule has 5 heteroatoms. The van der Waals surface area contributed by atoms with Crippen LogP contribution in [0, 0.1) is 5.92 Å². The lowest BCUT2D eigenvalue weighted by atomic mass is 10.0. The highest BCUT2D eigenvalue weighted by atomic mass is 16.5. The molecule has 2 N–H and O–H groups in total. The third kappa shape index (κ3) is 5.74. The summed E-state index contributed by atoms with van der Waals surface area (Å²) in [6, 6.07) is -0.851. The second kappa shape index (κ2) is 10.4. The average Bonchev–Trinajstić information content (AvgIpc) is 3.00. The zero-order valence-electron chi connectivity index (χ0n) is 13.1. The van der Waals surface area contributed by atoms with Gasteiger partial charge in [0.2, 0.25) is 5.91 Å². The Morgan fingerprint density at radius 3 is 2.60 bits per heavy atom. The molecule has 0 aromatic heterocycles. The second-order valence-corrected chi connectivity index (χ2v) is 4.48. The zero-order chi connectivity index (χ0) is 15.5. The monoisotopic (exact) mass is 284 g/mol. The largest absolute Gasteiger partial charge is 0.464 e. The van der Waals surface area contributed by atoms with E-state index < -0.39 is 12.0 Å². The molecule has 2 unspecified atom stereocenters. The lowest BCUT2D eigenvalue weighted by Crippen LogP contribution is -2.51. The third-order valence-electron chi connectivity index (χ3n) is 3.11. The van der Waals surface area contributed by atoms with Crippen molar-refractivity contribution in [2.75, 3.05) is 13.2 Å². The van der Waals surface area contributed by atoms with Gasteiger partial charge in [-0.3, -0.25) is 4.79 Å². The van der Waals surface area contributed by atoms with Gasteiger partial charge < -0.3 is 15.4 Å². The first kappa shape index (κ1) is 18.6. The Bertz CT molecular complexity index is 312. The Balaban J connectivity index is 0.00000172. The minimum Gasteiger partial charge on any atom is -0.464 e. The molecule has 0 saturated carbocycles. The van der Waals surface area contributed by atoms with Crippen molar-refractivity contribution in [3.63, 3.8) is 0 Å². The standard InChI is InChI=1S/C13H22N2O3.C2H6/c1-4-9(3)11(13(17)18-5-2)15-12(16)10-7-6-8-14-10;1-2/h4,9-11,14H,1,5-8H2,2-3H3,(H,15,16);1-2H3/t9?,10-,11?;/m0./s1. The number of hydrogen-bond acceptors (Lipinski definition) is 4. The van der Waals surface area contributed by atoms with Crippen LogP contribution in [0.2, 0.25) is 0 Å². The number of amides is 1. The lowest BCUT2D eigenvalue weighted by molar-refractivity contribution is -0.148. The van der Waals surface area contributed by atoms with Crippen molar-refractivity contribution in [2.45, 2.75) is 52.6 Å². The molecule has 0 aliphatic carbocycles. The van der Waals surface area contributed by atoms with Gasteiger partial charge >= 0.3 is 5.97 Å². The average molecular weight is 284 g/mol. The molecule has 5 nitrogen and oxygen atoms in total. The molecular weight excluding hydrogens is 256 g/mol. The van der Waals surface area contributed by atoms with Crippen molar-refractivity contribution in [3.8, 4) is 0 Å². The van der Waals surface area contributed by atoms with Crippen LogP contribution in [0.3, 0.4) is 0 Å². The fourth-order valence-corrected chi connectivity index (χ4v) is 1.94. The van der Waals surface area contributed by atoms with Crippen LogP contribution in [0.4, 0.5) is 0 Å². The van der Waals surface area contributed by atoms with Crippen LogP contribution >= 0.6 is 0 Å². The number of ether oxygens (including phenoxy) is 1. The van der Waals surface area contributed by atoms with E-state index in [-0.39, 0.29) is 17.9 Å². The maximum absolute atomic E-state index is 12.0. The van der Waals surface area contributed by atoms with Crippen molar-refractivity contribution in [3.05, 3.63) is 12.7 Å². The fourth-order valence-electron chi connectivity index (χ4n) is 1.94. The normalized spacial score (nSPS) is 20.1. The highest BCUT2D eigenvalue weighted by Gasteiger charge is 2.30. The number of esters is 1. The Hall–Kier alpha value is -1.36. The van der Waals surface area contributed by atoms with Crippen molar-refractivity contribution in [1.29, 1.82) is 0 Å². The minimum atomic E-state index is -0.655. The van der Waals surface area contributed by atoms with Gasteiger partial charge in [-0.25, -0.2) is 4.79 Å². The SMILES string of the molecule is C=CC(C)C(NC(=O)[C@@H]1CCCN1)C(=O)OCC.CC. The summed E-state index contributed by atoms with van der Waals surface area (Å²) in [6.07, 6.45) is 3.44. The van der Waals surface area contributed by atoms with E-state index >= 15 is 0 Å². The second-order valence-electron chi connectivity index (χ2n) is 4.48. The summed E-state index contributed by atoms with van der Waals surface area (Å²) in [4.78, 5) is 23.8. The van der Waals surface area contributed by atoms with Crippen molar-refractivity contribution < 1.29 is 14.3 Å². The molecule has 3 atom stereocenters. The first-order chi connectivity index (χ1) is 9.60.